The molecular formula is C16H14N4O2. The van der Waals surface area contributed by atoms with Gasteiger partial charge in [-0.2, -0.15) is 0 Å². The molecule has 6 nitrogen and oxygen atoms in total. The predicted octanol–water partition coefficient (Wildman–Crippen LogP) is 2.29. The molecule has 0 saturated heterocycles. The van der Waals surface area contributed by atoms with E-state index < -0.39 is 0 Å². The van der Waals surface area contributed by atoms with Crippen LogP contribution in [0.15, 0.2) is 48.7 Å². The summed E-state index contributed by atoms with van der Waals surface area (Å²) in [6.07, 6.45) is 1.72. The van der Waals surface area contributed by atoms with Crippen molar-refractivity contribution in [3.05, 3.63) is 48.7 Å². The van der Waals surface area contributed by atoms with Crippen LogP contribution in [0.2, 0.25) is 0 Å². The molecule has 4 rings (SSSR count). The Labute approximate surface area is 127 Å². The van der Waals surface area contributed by atoms with Crippen LogP contribution in [0.3, 0.4) is 0 Å². The van der Waals surface area contributed by atoms with E-state index in [2.05, 4.69) is 10.3 Å². The van der Waals surface area contributed by atoms with Crippen molar-refractivity contribution in [1.29, 1.82) is 0 Å². The van der Waals surface area contributed by atoms with E-state index in [1.165, 1.54) is 0 Å². The van der Waals surface area contributed by atoms with Gasteiger partial charge in [0.2, 0.25) is 0 Å². The first-order valence-corrected chi connectivity index (χ1v) is 6.98. The first-order chi connectivity index (χ1) is 10.8. The number of ether oxygens (including phenoxy) is 2. The zero-order valence-corrected chi connectivity index (χ0v) is 11.8. The van der Waals surface area contributed by atoms with Crippen LogP contribution >= 0.6 is 0 Å². The molecule has 0 unspecified atom stereocenters. The number of nitrogen functional groups attached to an aromatic ring is 1. The van der Waals surface area contributed by atoms with Gasteiger partial charge in [-0.3, -0.25) is 0 Å². The summed E-state index contributed by atoms with van der Waals surface area (Å²) in [4.78, 5) is 0. The predicted molar refractivity (Wildman–Crippen MR) is 82.2 cm³/mol. The number of benzene rings is 2. The summed E-state index contributed by atoms with van der Waals surface area (Å²) in [6, 6.07) is 13.3. The Morgan fingerprint density at radius 2 is 1.73 bits per heavy atom. The lowest BCUT2D eigenvalue weighted by Gasteiger charge is -2.19. The molecule has 0 atom stereocenters. The molecule has 6 heteroatoms. The lowest BCUT2D eigenvalue weighted by molar-refractivity contribution is 0.171. The van der Waals surface area contributed by atoms with Crippen LogP contribution in [0.4, 0.5) is 5.69 Å². The molecule has 2 aromatic carbocycles. The van der Waals surface area contributed by atoms with Crippen molar-refractivity contribution in [3.63, 3.8) is 0 Å². The molecule has 1 aromatic heterocycles. The molecule has 0 spiro atoms. The van der Waals surface area contributed by atoms with E-state index in [1.54, 1.807) is 10.9 Å². The number of fused-ring (bicyclic) bond motifs is 1. The fourth-order valence-corrected chi connectivity index (χ4v) is 2.44. The Morgan fingerprint density at radius 1 is 0.955 bits per heavy atom. The van der Waals surface area contributed by atoms with Crippen LogP contribution in [0, 0.1) is 0 Å². The van der Waals surface area contributed by atoms with Crippen LogP contribution < -0.4 is 15.2 Å². The van der Waals surface area contributed by atoms with Gasteiger partial charge in [-0.25, -0.2) is 4.68 Å². The van der Waals surface area contributed by atoms with Crippen LogP contribution in [0.25, 0.3) is 16.9 Å². The van der Waals surface area contributed by atoms with E-state index in [0.717, 1.165) is 28.4 Å². The molecule has 0 radical (unpaired) electrons. The van der Waals surface area contributed by atoms with Gasteiger partial charge in [0, 0.05) is 11.3 Å². The molecule has 1 aliphatic rings. The second-order valence-electron chi connectivity index (χ2n) is 4.98. The summed E-state index contributed by atoms with van der Waals surface area (Å²) in [5, 5.41) is 8.18. The molecule has 0 bridgehead atoms. The largest absolute Gasteiger partial charge is 0.486 e. The molecule has 0 aliphatic carbocycles. The molecule has 2 N–H and O–H groups in total. The van der Waals surface area contributed by atoms with E-state index in [4.69, 9.17) is 15.2 Å². The maximum absolute atomic E-state index is 5.73. The number of nitrogens with zero attached hydrogens (tertiary/aromatic N) is 3. The van der Waals surface area contributed by atoms with Crippen LogP contribution in [0.1, 0.15) is 0 Å². The summed E-state index contributed by atoms with van der Waals surface area (Å²) in [5.41, 5.74) is 9.18. The molecule has 3 aromatic rings. The van der Waals surface area contributed by atoms with E-state index in [0.29, 0.717) is 18.9 Å². The molecule has 22 heavy (non-hydrogen) atoms. The number of anilines is 1. The minimum Gasteiger partial charge on any atom is -0.486 e. The number of aromatic nitrogens is 3. The first-order valence-electron chi connectivity index (χ1n) is 6.98. The molecular weight excluding hydrogens is 280 g/mol. The molecule has 1 aliphatic heterocycles. The summed E-state index contributed by atoms with van der Waals surface area (Å²) < 4.78 is 12.9. The van der Waals surface area contributed by atoms with Gasteiger partial charge in [0.15, 0.2) is 11.5 Å². The van der Waals surface area contributed by atoms with E-state index in [1.807, 2.05) is 42.5 Å². The van der Waals surface area contributed by atoms with Gasteiger partial charge in [-0.05, 0) is 42.5 Å². The standard InChI is InChI=1S/C16H14N4O2/c17-12-2-4-13(5-3-12)20-14(10-18-19-20)11-1-6-15-16(9-11)22-8-7-21-15/h1-6,9-10H,7-8,17H2. The Morgan fingerprint density at radius 3 is 2.55 bits per heavy atom. The fourth-order valence-electron chi connectivity index (χ4n) is 2.44. The zero-order chi connectivity index (χ0) is 14.9. The van der Waals surface area contributed by atoms with Crippen molar-refractivity contribution in [1.82, 2.24) is 15.0 Å². The summed E-state index contributed by atoms with van der Waals surface area (Å²) in [5.74, 6) is 1.51. The van der Waals surface area contributed by atoms with Crippen LogP contribution in [0.5, 0.6) is 11.5 Å². The SMILES string of the molecule is Nc1ccc(-n2nncc2-c2ccc3c(c2)OCCO3)cc1. The van der Waals surface area contributed by atoms with Gasteiger partial charge in [0.25, 0.3) is 0 Å². The monoisotopic (exact) mass is 294 g/mol. The molecule has 0 saturated carbocycles. The van der Waals surface area contributed by atoms with Gasteiger partial charge in [-0.1, -0.05) is 5.21 Å². The first kappa shape index (κ1) is 12.7. The Kier molecular flexibility index (Phi) is 2.93. The van der Waals surface area contributed by atoms with Crippen molar-refractivity contribution in [2.75, 3.05) is 18.9 Å². The third-order valence-electron chi connectivity index (χ3n) is 3.52. The Hall–Kier alpha value is -3.02. The number of hydrogen-bond acceptors (Lipinski definition) is 5. The van der Waals surface area contributed by atoms with Crippen molar-refractivity contribution in [2.45, 2.75) is 0 Å². The van der Waals surface area contributed by atoms with E-state index in [9.17, 15) is 0 Å². The fraction of sp³-hybridized carbons (Fsp3) is 0.125. The molecule has 0 fully saturated rings. The highest BCUT2D eigenvalue weighted by Gasteiger charge is 2.15. The summed E-state index contributed by atoms with van der Waals surface area (Å²) in [6.45, 7) is 1.14. The van der Waals surface area contributed by atoms with Crippen molar-refractivity contribution < 1.29 is 9.47 Å². The van der Waals surface area contributed by atoms with Crippen molar-refractivity contribution in [3.8, 4) is 28.4 Å². The van der Waals surface area contributed by atoms with Gasteiger partial charge in [0.05, 0.1) is 17.6 Å². The van der Waals surface area contributed by atoms with Gasteiger partial charge < -0.3 is 15.2 Å². The normalized spacial score (nSPS) is 13.1. The lowest BCUT2D eigenvalue weighted by atomic mass is 10.1. The third kappa shape index (κ3) is 2.14. The molecule has 0 amide bonds. The van der Waals surface area contributed by atoms with Crippen molar-refractivity contribution in [2.24, 2.45) is 0 Å². The number of nitrogens with two attached hydrogens (primary N) is 1. The average molecular weight is 294 g/mol. The smallest absolute Gasteiger partial charge is 0.162 e. The van der Waals surface area contributed by atoms with Gasteiger partial charge in [-0.15, -0.1) is 5.10 Å². The highest BCUT2D eigenvalue weighted by Crippen LogP contribution is 2.34. The zero-order valence-electron chi connectivity index (χ0n) is 11.8. The maximum Gasteiger partial charge on any atom is 0.162 e. The number of hydrogen-bond donors (Lipinski definition) is 1. The maximum atomic E-state index is 5.73. The third-order valence-corrected chi connectivity index (χ3v) is 3.52. The topological polar surface area (TPSA) is 75.2 Å². The van der Waals surface area contributed by atoms with Gasteiger partial charge in [0.1, 0.15) is 13.2 Å². The lowest BCUT2D eigenvalue weighted by Crippen LogP contribution is -2.15. The van der Waals surface area contributed by atoms with E-state index >= 15 is 0 Å². The Bertz CT molecular complexity index is 811. The number of rotatable bonds is 2. The summed E-state index contributed by atoms with van der Waals surface area (Å²) >= 11 is 0. The van der Waals surface area contributed by atoms with Crippen LogP contribution in [-0.2, 0) is 0 Å². The second kappa shape index (κ2) is 5.07. The highest BCUT2D eigenvalue weighted by atomic mass is 16.6. The van der Waals surface area contributed by atoms with E-state index in [-0.39, 0.29) is 0 Å². The summed E-state index contributed by atoms with van der Waals surface area (Å²) in [7, 11) is 0. The molecule has 2 heterocycles. The van der Waals surface area contributed by atoms with Crippen LogP contribution in [-0.4, -0.2) is 28.2 Å². The highest BCUT2D eigenvalue weighted by molar-refractivity contribution is 5.65. The second-order valence-corrected chi connectivity index (χ2v) is 4.98. The average Bonchev–Trinajstić information content (AvgIpc) is 3.05. The van der Waals surface area contributed by atoms with Crippen molar-refractivity contribution >= 4 is 5.69 Å². The quantitative estimate of drug-likeness (QED) is 0.734. The molecule has 110 valence electrons. The minimum atomic E-state index is 0.561. The Balaban J connectivity index is 1.78. The van der Waals surface area contributed by atoms with Gasteiger partial charge >= 0.3 is 0 Å². The minimum absolute atomic E-state index is 0.561.